The molecule has 0 aliphatic heterocycles. The molecule has 0 bridgehead atoms. The van der Waals surface area contributed by atoms with Gasteiger partial charge in [0.2, 0.25) is 0 Å². The van der Waals surface area contributed by atoms with Gasteiger partial charge >= 0.3 is 0 Å². The van der Waals surface area contributed by atoms with Gasteiger partial charge in [0.25, 0.3) is 0 Å². The third kappa shape index (κ3) is 3.18. The van der Waals surface area contributed by atoms with Gasteiger partial charge in [-0.15, -0.1) is 0 Å². The minimum atomic E-state index is 0.370. The van der Waals surface area contributed by atoms with Gasteiger partial charge in [-0.05, 0) is 43.7 Å². The summed E-state index contributed by atoms with van der Waals surface area (Å²) in [6.07, 6.45) is 0.820. The number of carbonyl (C=O) groups is 1. The Kier molecular flexibility index (Phi) is 4.41. The molecule has 0 radical (unpaired) electrons. The first-order valence-electron chi connectivity index (χ1n) is 6.46. The maximum Gasteiger partial charge on any atom is 0.150 e. The van der Waals surface area contributed by atoms with Gasteiger partial charge < -0.3 is 9.47 Å². The van der Waals surface area contributed by atoms with Gasteiger partial charge in [-0.1, -0.05) is 17.7 Å². The van der Waals surface area contributed by atoms with Gasteiger partial charge in [0, 0.05) is 11.1 Å². The van der Waals surface area contributed by atoms with E-state index >= 15 is 0 Å². The van der Waals surface area contributed by atoms with Crippen LogP contribution in [0.15, 0.2) is 36.4 Å². The number of carbonyl (C=O) groups excluding carboxylic acids is 1. The topological polar surface area (TPSA) is 35.5 Å². The lowest BCUT2D eigenvalue weighted by molar-refractivity contribution is 0.112. The summed E-state index contributed by atoms with van der Waals surface area (Å²) in [7, 11) is 1.61. The Balaban J connectivity index is 2.19. The summed E-state index contributed by atoms with van der Waals surface area (Å²) < 4.78 is 11.1. The summed E-state index contributed by atoms with van der Waals surface area (Å²) in [6.45, 7) is 4.43. The van der Waals surface area contributed by atoms with Crippen LogP contribution in [0.2, 0.25) is 0 Å². The van der Waals surface area contributed by atoms with Crippen LogP contribution >= 0.6 is 0 Å². The summed E-state index contributed by atoms with van der Waals surface area (Å²) in [6, 6.07) is 11.3. The summed E-state index contributed by atoms with van der Waals surface area (Å²) in [5.74, 6) is 1.56. The highest BCUT2D eigenvalue weighted by molar-refractivity contribution is 5.75. The monoisotopic (exact) mass is 270 g/mol. The Hall–Kier alpha value is -2.29. The fourth-order valence-corrected chi connectivity index (χ4v) is 2.10. The van der Waals surface area contributed by atoms with Crippen molar-refractivity contribution in [2.75, 3.05) is 7.11 Å². The van der Waals surface area contributed by atoms with Gasteiger partial charge in [-0.2, -0.15) is 0 Å². The predicted octanol–water partition coefficient (Wildman–Crippen LogP) is 3.70. The van der Waals surface area contributed by atoms with Crippen LogP contribution in [0.3, 0.4) is 0 Å². The average molecular weight is 270 g/mol. The van der Waals surface area contributed by atoms with Crippen LogP contribution in [-0.4, -0.2) is 13.4 Å². The second kappa shape index (κ2) is 6.24. The molecule has 0 unspecified atom stereocenters. The smallest absolute Gasteiger partial charge is 0.150 e. The molecule has 2 rings (SSSR count). The molecule has 104 valence electrons. The summed E-state index contributed by atoms with van der Waals surface area (Å²) in [5.41, 5.74) is 3.77. The van der Waals surface area contributed by atoms with Crippen LogP contribution in [0.1, 0.15) is 27.0 Å². The van der Waals surface area contributed by atoms with Crippen molar-refractivity contribution in [1.29, 1.82) is 0 Å². The van der Waals surface area contributed by atoms with E-state index in [1.54, 1.807) is 25.3 Å². The van der Waals surface area contributed by atoms with Gasteiger partial charge in [-0.25, -0.2) is 0 Å². The van der Waals surface area contributed by atoms with E-state index in [-0.39, 0.29) is 0 Å². The number of methoxy groups -OCH3 is 1. The lowest BCUT2D eigenvalue weighted by Crippen LogP contribution is -2.01. The normalized spacial score (nSPS) is 10.2. The SMILES string of the molecule is COc1ccc(C=O)cc1COc1ccc(C)cc1C. The van der Waals surface area contributed by atoms with Crippen molar-refractivity contribution in [3.8, 4) is 11.5 Å². The second-order valence-electron chi connectivity index (χ2n) is 4.75. The lowest BCUT2D eigenvalue weighted by Gasteiger charge is -2.12. The van der Waals surface area contributed by atoms with Crippen molar-refractivity contribution in [1.82, 2.24) is 0 Å². The largest absolute Gasteiger partial charge is 0.496 e. The van der Waals surface area contributed by atoms with Crippen LogP contribution in [0.4, 0.5) is 0 Å². The van der Waals surface area contributed by atoms with E-state index in [0.29, 0.717) is 12.2 Å². The first kappa shape index (κ1) is 14.1. The van der Waals surface area contributed by atoms with Crippen LogP contribution < -0.4 is 9.47 Å². The Morgan fingerprint density at radius 3 is 2.45 bits per heavy atom. The molecule has 0 aliphatic carbocycles. The quantitative estimate of drug-likeness (QED) is 0.777. The second-order valence-corrected chi connectivity index (χ2v) is 4.75. The minimum Gasteiger partial charge on any atom is -0.496 e. The number of benzene rings is 2. The van der Waals surface area contributed by atoms with Gasteiger partial charge in [0.05, 0.1) is 7.11 Å². The van der Waals surface area contributed by atoms with Gasteiger partial charge in [-0.3, -0.25) is 4.79 Å². The van der Waals surface area contributed by atoms with Crippen LogP contribution in [0.5, 0.6) is 11.5 Å². The fraction of sp³-hybridized carbons (Fsp3) is 0.235. The Labute approximate surface area is 119 Å². The molecule has 2 aromatic carbocycles. The number of hydrogen-bond acceptors (Lipinski definition) is 3. The van der Waals surface area contributed by atoms with E-state index in [1.165, 1.54) is 5.56 Å². The number of hydrogen-bond donors (Lipinski definition) is 0. The van der Waals surface area contributed by atoms with E-state index in [0.717, 1.165) is 28.9 Å². The maximum atomic E-state index is 10.8. The van der Waals surface area contributed by atoms with Crippen LogP contribution in [0, 0.1) is 13.8 Å². The van der Waals surface area contributed by atoms with E-state index in [2.05, 4.69) is 6.07 Å². The number of rotatable bonds is 5. The first-order chi connectivity index (χ1) is 9.63. The summed E-state index contributed by atoms with van der Waals surface area (Å²) >= 11 is 0. The zero-order valence-corrected chi connectivity index (χ0v) is 12.0. The summed E-state index contributed by atoms with van der Waals surface area (Å²) in [4.78, 5) is 10.8. The molecule has 0 aromatic heterocycles. The molecule has 0 atom stereocenters. The van der Waals surface area contributed by atoms with E-state index in [9.17, 15) is 4.79 Å². The minimum absolute atomic E-state index is 0.370. The van der Waals surface area contributed by atoms with Crippen LogP contribution in [0.25, 0.3) is 0 Å². The van der Waals surface area contributed by atoms with Gasteiger partial charge in [0.15, 0.2) is 0 Å². The zero-order valence-electron chi connectivity index (χ0n) is 12.0. The molecule has 0 saturated heterocycles. The Bertz CT molecular complexity index is 618. The number of aryl methyl sites for hydroxylation is 2. The zero-order chi connectivity index (χ0) is 14.5. The van der Waals surface area contributed by atoms with Crippen molar-refractivity contribution in [2.24, 2.45) is 0 Å². The van der Waals surface area contributed by atoms with Gasteiger partial charge in [0.1, 0.15) is 24.4 Å². The molecular formula is C17H18O3. The molecule has 0 aliphatic rings. The molecule has 0 spiro atoms. The van der Waals surface area contributed by atoms with Crippen molar-refractivity contribution in [3.63, 3.8) is 0 Å². The molecule has 2 aromatic rings. The number of ether oxygens (including phenoxy) is 2. The maximum absolute atomic E-state index is 10.8. The van der Waals surface area contributed by atoms with Crippen LogP contribution in [-0.2, 0) is 6.61 Å². The molecule has 0 heterocycles. The lowest BCUT2D eigenvalue weighted by atomic mass is 10.1. The first-order valence-corrected chi connectivity index (χ1v) is 6.46. The molecule has 0 N–H and O–H groups in total. The fourth-order valence-electron chi connectivity index (χ4n) is 2.10. The molecule has 0 saturated carbocycles. The third-order valence-corrected chi connectivity index (χ3v) is 3.15. The molecule has 0 fully saturated rings. The van der Waals surface area contributed by atoms with Crippen molar-refractivity contribution < 1.29 is 14.3 Å². The molecule has 20 heavy (non-hydrogen) atoms. The number of aldehydes is 1. The van der Waals surface area contributed by atoms with Crippen molar-refractivity contribution in [2.45, 2.75) is 20.5 Å². The standard InChI is InChI=1S/C17H18O3/c1-12-4-6-16(13(2)8-12)20-11-15-9-14(10-18)5-7-17(15)19-3/h4-10H,11H2,1-3H3. The molecule has 3 nitrogen and oxygen atoms in total. The Morgan fingerprint density at radius 1 is 1.05 bits per heavy atom. The molecule has 3 heteroatoms. The van der Waals surface area contributed by atoms with Crippen molar-refractivity contribution >= 4 is 6.29 Å². The Morgan fingerprint density at radius 2 is 1.80 bits per heavy atom. The average Bonchev–Trinajstić information content (AvgIpc) is 2.46. The highest BCUT2D eigenvalue weighted by Crippen LogP contribution is 2.24. The third-order valence-electron chi connectivity index (χ3n) is 3.15. The van der Waals surface area contributed by atoms with Crippen molar-refractivity contribution in [3.05, 3.63) is 58.7 Å². The van der Waals surface area contributed by atoms with E-state index in [4.69, 9.17) is 9.47 Å². The molecular weight excluding hydrogens is 252 g/mol. The summed E-state index contributed by atoms with van der Waals surface area (Å²) in [5, 5.41) is 0. The highest BCUT2D eigenvalue weighted by atomic mass is 16.5. The predicted molar refractivity (Wildman–Crippen MR) is 78.6 cm³/mol. The van der Waals surface area contributed by atoms with E-state index < -0.39 is 0 Å². The molecule has 0 amide bonds. The van der Waals surface area contributed by atoms with E-state index in [1.807, 2.05) is 26.0 Å². The highest BCUT2D eigenvalue weighted by Gasteiger charge is 2.07.